The normalized spacial score (nSPS) is 12.8. The molecule has 0 saturated carbocycles. The van der Waals surface area contributed by atoms with Crippen LogP contribution in [-0.4, -0.2) is 5.25 Å². The predicted molar refractivity (Wildman–Crippen MR) is 147 cm³/mol. The minimum absolute atomic E-state index is 0.0818. The van der Waals surface area contributed by atoms with Crippen LogP contribution in [0.25, 0.3) is 0 Å². The first-order valence-electron chi connectivity index (χ1n) is 13.4. The first-order chi connectivity index (χ1) is 15.6. The van der Waals surface area contributed by atoms with Crippen LogP contribution in [0.2, 0.25) is 0 Å². The Labute approximate surface area is 205 Å². The van der Waals surface area contributed by atoms with E-state index >= 15 is 0 Å². The Balaban J connectivity index is 2.21. The van der Waals surface area contributed by atoms with Gasteiger partial charge in [-0.2, -0.15) is 12.6 Å². The first kappa shape index (κ1) is 27.0. The van der Waals surface area contributed by atoms with Gasteiger partial charge < -0.3 is 0 Å². The highest BCUT2D eigenvalue weighted by atomic mass is 32.1. The minimum Gasteiger partial charge on any atom is -0.176 e. The van der Waals surface area contributed by atoms with Gasteiger partial charge in [-0.15, -0.1) is 0 Å². The quantitative estimate of drug-likeness (QED) is 0.190. The van der Waals surface area contributed by atoms with Crippen molar-refractivity contribution in [1.29, 1.82) is 0 Å². The van der Waals surface area contributed by atoms with Gasteiger partial charge in [0.05, 0.1) is 0 Å². The third-order valence-corrected chi connectivity index (χ3v) is 7.50. The van der Waals surface area contributed by atoms with Crippen LogP contribution in [0.15, 0.2) is 48.5 Å². The van der Waals surface area contributed by atoms with Crippen molar-refractivity contribution in [1.82, 2.24) is 0 Å². The molecule has 2 aromatic carbocycles. The smallest absolute Gasteiger partial charge is 0.0200 e. The summed E-state index contributed by atoms with van der Waals surface area (Å²) in [6, 6.07) is 19.2. The molecule has 2 aromatic rings. The molecule has 0 spiro atoms. The van der Waals surface area contributed by atoms with Crippen LogP contribution in [-0.2, 0) is 18.3 Å². The van der Waals surface area contributed by atoms with E-state index in [-0.39, 0.29) is 5.41 Å². The monoisotopic (exact) mass is 452 g/mol. The Morgan fingerprint density at radius 3 is 1.44 bits per heavy atom. The van der Waals surface area contributed by atoms with Crippen molar-refractivity contribution < 1.29 is 0 Å². The Bertz CT molecular complexity index is 671. The van der Waals surface area contributed by atoms with Crippen molar-refractivity contribution in [3.05, 3.63) is 70.8 Å². The molecule has 1 heteroatoms. The van der Waals surface area contributed by atoms with Gasteiger partial charge in [-0.25, -0.2) is 0 Å². The lowest BCUT2D eigenvalue weighted by molar-refractivity contribution is 0.440. The van der Waals surface area contributed by atoms with E-state index < -0.39 is 0 Å². The fourth-order valence-corrected chi connectivity index (χ4v) is 5.12. The lowest BCUT2D eigenvalue weighted by Gasteiger charge is -2.35. The molecule has 0 aliphatic heterocycles. The SMILES string of the molecule is CCCCCCc1ccc(C(CC)(CCC(C)S)c2ccc(CCCCCC)cc2)cc1. The van der Waals surface area contributed by atoms with Gasteiger partial charge in [0, 0.05) is 5.41 Å². The van der Waals surface area contributed by atoms with Gasteiger partial charge in [-0.3, -0.25) is 0 Å². The summed E-state index contributed by atoms with van der Waals surface area (Å²) >= 11 is 4.72. The first-order valence-corrected chi connectivity index (χ1v) is 13.9. The summed E-state index contributed by atoms with van der Waals surface area (Å²) in [6.07, 6.45) is 16.5. The fourth-order valence-electron chi connectivity index (χ4n) is 4.99. The summed E-state index contributed by atoms with van der Waals surface area (Å²) < 4.78 is 0. The second kappa shape index (κ2) is 14.8. The van der Waals surface area contributed by atoms with Crippen LogP contribution in [0.1, 0.15) is 121 Å². The Morgan fingerprint density at radius 2 is 1.09 bits per heavy atom. The molecule has 32 heavy (non-hydrogen) atoms. The van der Waals surface area contributed by atoms with Crippen molar-refractivity contribution in [3.8, 4) is 0 Å². The molecule has 0 N–H and O–H groups in total. The molecule has 1 atom stereocenters. The topological polar surface area (TPSA) is 0 Å². The van der Waals surface area contributed by atoms with Crippen molar-refractivity contribution in [3.63, 3.8) is 0 Å². The Hall–Kier alpha value is -1.21. The van der Waals surface area contributed by atoms with Crippen LogP contribution < -0.4 is 0 Å². The largest absolute Gasteiger partial charge is 0.176 e. The predicted octanol–water partition coefficient (Wildman–Crippen LogP) is 9.73. The maximum Gasteiger partial charge on any atom is 0.0200 e. The van der Waals surface area contributed by atoms with Crippen LogP contribution in [0.4, 0.5) is 0 Å². The van der Waals surface area contributed by atoms with E-state index in [9.17, 15) is 0 Å². The molecule has 0 amide bonds. The summed E-state index contributed by atoms with van der Waals surface area (Å²) in [4.78, 5) is 0. The molecule has 0 aliphatic rings. The molecule has 2 rings (SSSR count). The minimum atomic E-state index is 0.0818. The van der Waals surface area contributed by atoms with Gasteiger partial charge in [-0.05, 0) is 72.4 Å². The van der Waals surface area contributed by atoms with E-state index in [4.69, 9.17) is 12.6 Å². The zero-order valence-corrected chi connectivity index (χ0v) is 22.2. The highest BCUT2D eigenvalue weighted by Gasteiger charge is 2.32. The zero-order chi connectivity index (χ0) is 23.2. The van der Waals surface area contributed by atoms with E-state index in [0.717, 1.165) is 19.3 Å². The van der Waals surface area contributed by atoms with Gasteiger partial charge >= 0.3 is 0 Å². The number of benzene rings is 2. The van der Waals surface area contributed by atoms with Gasteiger partial charge in [0.1, 0.15) is 0 Å². The van der Waals surface area contributed by atoms with Gasteiger partial charge in [0.15, 0.2) is 0 Å². The van der Waals surface area contributed by atoms with E-state index in [1.54, 1.807) is 0 Å². The van der Waals surface area contributed by atoms with Gasteiger partial charge in [0.25, 0.3) is 0 Å². The number of rotatable bonds is 16. The summed E-state index contributed by atoms with van der Waals surface area (Å²) in [5, 5.41) is 0.427. The molecular weight excluding hydrogens is 404 g/mol. The standard InChI is InChI=1S/C31H48S/c1-5-8-10-12-14-27-16-20-29(21-17-27)31(7-3,25-24-26(4)32)30-22-18-28(19-23-30)15-13-11-9-6-2/h16-23,26,32H,5-15,24-25H2,1-4H3. The average Bonchev–Trinajstić information content (AvgIpc) is 2.82. The molecule has 0 heterocycles. The average molecular weight is 453 g/mol. The van der Waals surface area contributed by atoms with E-state index in [1.807, 2.05) is 0 Å². The number of hydrogen-bond acceptors (Lipinski definition) is 1. The zero-order valence-electron chi connectivity index (χ0n) is 21.3. The molecule has 178 valence electrons. The molecule has 0 fully saturated rings. The number of thiol groups is 1. The second-order valence-corrected chi connectivity index (χ2v) is 10.7. The molecule has 0 radical (unpaired) electrons. The maximum atomic E-state index is 4.72. The van der Waals surface area contributed by atoms with E-state index in [0.29, 0.717) is 5.25 Å². The lowest BCUT2D eigenvalue weighted by atomic mass is 9.69. The highest BCUT2D eigenvalue weighted by molar-refractivity contribution is 7.80. The molecule has 1 unspecified atom stereocenters. The third kappa shape index (κ3) is 8.29. The molecular formula is C31H48S. The molecule has 0 saturated heterocycles. The molecule has 0 aromatic heterocycles. The Kier molecular flexibility index (Phi) is 12.5. The van der Waals surface area contributed by atoms with Crippen molar-refractivity contribution >= 4 is 12.6 Å². The number of aryl methyl sites for hydroxylation is 2. The summed E-state index contributed by atoms with van der Waals surface area (Å²) in [6.45, 7) is 9.15. The van der Waals surface area contributed by atoms with Crippen LogP contribution in [0.5, 0.6) is 0 Å². The number of hydrogen-bond donors (Lipinski definition) is 1. The van der Waals surface area contributed by atoms with Crippen molar-refractivity contribution in [2.75, 3.05) is 0 Å². The summed E-state index contributed by atoms with van der Waals surface area (Å²) in [5.41, 5.74) is 6.00. The van der Waals surface area contributed by atoms with E-state index in [2.05, 4.69) is 76.2 Å². The van der Waals surface area contributed by atoms with Crippen LogP contribution in [0, 0.1) is 0 Å². The van der Waals surface area contributed by atoms with Crippen molar-refractivity contribution in [2.24, 2.45) is 0 Å². The molecule has 0 aliphatic carbocycles. The summed E-state index contributed by atoms with van der Waals surface area (Å²) in [7, 11) is 0. The lowest BCUT2D eigenvalue weighted by Crippen LogP contribution is -2.28. The third-order valence-electron chi connectivity index (χ3n) is 7.24. The molecule has 0 bridgehead atoms. The molecule has 0 nitrogen and oxygen atoms in total. The summed E-state index contributed by atoms with van der Waals surface area (Å²) in [5.74, 6) is 0. The van der Waals surface area contributed by atoms with Crippen LogP contribution >= 0.6 is 12.6 Å². The number of unbranched alkanes of at least 4 members (excludes halogenated alkanes) is 6. The highest BCUT2D eigenvalue weighted by Crippen LogP contribution is 2.41. The van der Waals surface area contributed by atoms with Gasteiger partial charge in [-0.1, -0.05) is 115 Å². The van der Waals surface area contributed by atoms with E-state index in [1.165, 1.54) is 86.5 Å². The van der Waals surface area contributed by atoms with Crippen LogP contribution in [0.3, 0.4) is 0 Å². The van der Waals surface area contributed by atoms with Crippen molar-refractivity contribution in [2.45, 2.75) is 122 Å². The second-order valence-electron chi connectivity index (χ2n) is 9.84. The van der Waals surface area contributed by atoms with Gasteiger partial charge in [0.2, 0.25) is 0 Å². The fraction of sp³-hybridized carbons (Fsp3) is 0.613. The Morgan fingerprint density at radius 1 is 0.656 bits per heavy atom. The maximum absolute atomic E-state index is 4.72.